The van der Waals surface area contributed by atoms with Crippen molar-refractivity contribution in [2.24, 2.45) is 5.92 Å². The lowest BCUT2D eigenvalue weighted by atomic mass is 9.92. The van der Waals surface area contributed by atoms with Crippen LogP contribution in [0.2, 0.25) is 5.02 Å². The highest BCUT2D eigenvalue weighted by atomic mass is 35.5. The van der Waals surface area contributed by atoms with Crippen molar-refractivity contribution in [2.75, 3.05) is 49.2 Å². The Morgan fingerprint density at radius 1 is 0.872 bits per heavy atom. The molecule has 39 heavy (non-hydrogen) atoms. The van der Waals surface area contributed by atoms with Crippen molar-refractivity contribution in [3.05, 3.63) is 47.2 Å². The minimum atomic E-state index is -0.0782. The van der Waals surface area contributed by atoms with E-state index in [4.69, 9.17) is 26.2 Å². The second kappa shape index (κ2) is 13.8. The van der Waals surface area contributed by atoms with Gasteiger partial charge < -0.3 is 24.3 Å². The minimum absolute atomic E-state index is 0.0782. The quantitative estimate of drug-likeness (QED) is 0.189. The van der Waals surface area contributed by atoms with E-state index in [1.54, 1.807) is 0 Å². The van der Waals surface area contributed by atoms with Crippen molar-refractivity contribution < 1.29 is 9.47 Å². The van der Waals surface area contributed by atoms with Crippen LogP contribution in [0.1, 0.15) is 76.8 Å². The van der Waals surface area contributed by atoms with Crippen molar-refractivity contribution in [2.45, 2.75) is 77.4 Å². The molecule has 2 saturated heterocycles. The second-order valence-corrected chi connectivity index (χ2v) is 11.5. The lowest BCUT2D eigenvalue weighted by Gasteiger charge is -2.36. The molecule has 0 atom stereocenters. The Balaban J connectivity index is 1.12. The number of H-pyrrole nitrogens is 1. The van der Waals surface area contributed by atoms with Crippen molar-refractivity contribution >= 4 is 34.0 Å². The molecule has 4 heterocycles. The number of nitrogens with zero attached hydrogens (tertiary/aromatic N) is 4. The molecular formula is C31H44ClN5O2. The van der Waals surface area contributed by atoms with Gasteiger partial charge in [-0.25, -0.2) is 0 Å². The zero-order chi connectivity index (χ0) is 27.0. The largest absolute Gasteiger partial charge is 0.370 e. The van der Waals surface area contributed by atoms with Crippen LogP contribution in [0.15, 0.2) is 36.5 Å². The summed E-state index contributed by atoms with van der Waals surface area (Å²) in [5.41, 5.74) is 3.47. The standard InChI is InChI=1S/C31H44ClN5O2/c1-3-5-21-38-31(39-22-6-4-2)24-14-19-37(20-15-24)29-10-8-27(34-35-29)23-12-17-36(18-13-23)28-9-7-26(32)25-11-16-33-30(25)28/h7-11,16,23-24,31,33H,3-6,12-15,17-22H2,1-2H3. The summed E-state index contributed by atoms with van der Waals surface area (Å²) < 4.78 is 12.3. The maximum atomic E-state index is 6.38. The molecule has 0 saturated carbocycles. The van der Waals surface area contributed by atoms with Gasteiger partial charge in [0.05, 0.1) is 21.9 Å². The molecule has 8 heteroatoms. The summed E-state index contributed by atoms with van der Waals surface area (Å²) in [6.45, 7) is 9.91. The second-order valence-electron chi connectivity index (χ2n) is 11.1. The lowest BCUT2D eigenvalue weighted by Crippen LogP contribution is -2.40. The van der Waals surface area contributed by atoms with Crippen LogP contribution in [0.5, 0.6) is 0 Å². The first-order valence-electron chi connectivity index (χ1n) is 15.0. The number of aromatic amines is 1. The van der Waals surface area contributed by atoms with E-state index < -0.39 is 0 Å². The number of anilines is 2. The number of unbranched alkanes of at least 4 members (excludes halogenated alkanes) is 2. The average Bonchev–Trinajstić information content (AvgIpc) is 3.48. The summed E-state index contributed by atoms with van der Waals surface area (Å²) >= 11 is 6.38. The van der Waals surface area contributed by atoms with Crippen molar-refractivity contribution in [3.63, 3.8) is 0 Å². The zero-order valence-electron chi connectivity index (χ0n) is 23.6. The summed E-state index contributed by atoms with van der Waals surface area (Å²) in [7, 11) is 0. The molecule has 0 spiro atoms. The lowest BCUT2D eigenvalue weighted by molar-refractivity contribution is -0.177. The number of aromatic nitrogens is 3. The molecule has 212 valence electrons. The van der Waals surface area contributed by atoms with Crippen LogP contribution in [0.4, 0.5) is 11.5 Å². The number of hydrogen-bond donors (Lipinski definition) is 1. The smallest absolute Gasteiger partial charge is 0.160 e. The van der Waals surface area contributed by atoms with Crippen LogP contribution in [-0.4, -0.2) is 60.9 Å². The van der Waals surface area contributed by atoms with Gasteiger partial charge >= 0.3 is 0 Å². The summed E-state index contributed by atoms with van der Waals surface area (Å²) in [4.78, 5) is 8.20. The maximum Gasteiger partial charge on any atom is 0.160 e. The molecule has 2 aromatic heterocycles. The van der Waals surface area contributed by atoms with Gasteiger partial charge in [-0.3, -0.25) is 0 Å². The number of halogens is 1. The SMILES string of the molecule is CCCCOC(OCCCC)C1CCN(c2ccc(C3CCN(c4ccc(Cl)c5cc[nH]c45)CC3)nn2)CC1. The van der Waals surface area contributed by atoms with E-state index in [0.717, 1.165) is 118 Å². The van der Waals surface area contributed by atoms with Crippen LogP contribution in [0.3, 0.4) is 0 Å². The highest BCUT2D eigenvalue weighted by molar-refractivity contribution is 6.35. The van der Waals surface area contributed by atoms with Gasteiger partial charge in [0.1, 0.15) is 0 Å². The first-order valence-corrected chi connectivity index (χ1v) is 15.4. The number of piperidine rings is 2. The topological polar surface area (TPSA) is 66.5 Å². The number of nitrogens with one attached hydrogen (secondary N) is 1. The van der Waals surface area contributed by atoms with E-state index >= 15 is 0 Å². The predicted octanol–water partition coefficient (Wildman–Crippen LogP) is 7.17. The van der Waals surface area contributed by atoms with E-state index in [1.165, 1.54) is 5.69 Å². The fourth-order valence-corrected chi connectivity index (χ4v) is 6.14. The van der Waals surface area contributed by atoms with E-state index in [1.807, 2.05) is 12.3 Å². The Labute approximate surface area is 238 Å². The molecular weight excluding hydrogens is 510 g/mol. The third kappa shape index (κ3) is 6.87. The Morgan fingerprint density at radius 2 is 1.56 bits per heavy atom. The third-order valence-electron chi connectivity index (χ3n) is 8.38. The van der Waals surface area contributed by atoms with Crippen LogP contribution in [0.25, 0.3) is 10.9 Å². The zero-order valence-corrected chi connectivity index (χ0v) is 24.3. The van der Waals surface area contributed by atoms with Crippen LogP contribution < -0.4 is 9.80 Å². The molecule has 0 bridgehead atoms. The number of hydrogen-bond acceptors (Lipinski definition) is 6. The molecule has 0 aliphatic carbocycles. The van der Waals surface area contributed by atoms with E-state index in [-0.39, 0.29) is 6.29 Å². The molecule has 2 aliphatic heterocycles. The molecule has 2 fully saturated rings. The van der Waals surface area contributed by atoms with Gasteiger partial charge in [-0.2, -0.15) is 5.10 Å². The highest BCUT2D eigenvalue weighted by Crippen LogP contribution is 2.35. The summed E-state index contributed by atoms with van der Waals surface area (Å²) in [5, 5.41) is 11.3. The van der Waals surface area contributed by atoms with Crippen molar-refractivity contribution in [1.82, 2.24) is 15.2 Å². The van der Waals surface area contributed by atoms with Gasteiger partial charge in [0.15, 0.2) is 12.1 Å². The van der Waals surface area contributed by atoms with Gasteiger partial charge in [-0.05, 0) is 68.9 Å². The Kier molecular flexibility index (Phi) is 9.99. The Hall–Kier alpha value is -2.35. The fourth-order valence-electron chi connectivity index (χ4n) is 5.92. The van der Waals surface area contributed by atoms with E-state index in [2.05, 4.69) is 58.0 Å². The summed E-state index contributed by atoms with van der Waals surface area (Å²) in [5.74, 6) is 1.88. The number of rotatable bonds is 12. The van der Waals surface area contributed by atoms with Crippen LogP contribution >= 0.6 is 11.6 Å². The predicted molar refractivity (Wildman–Crippen MR) is 160 cm³/mol. The fraction of sp³-hybridized carbons (Fsp3) is 0.613. The normalized spacial score (nSPS) is 17.5. The molecule has 3 aromatic rings. The summed E-state index contributed by atoms with van der Waals surface area (Å²) in [6, 6.07) is 10.6. The van der Waals surface area contributed by atoms with Crippen LogP contribution in [-0.2, 0) is 9.47 Å². The molecule has 0 amide bonds. The minimum Gasteiger partial charge on any atom is -0.370 e. The molecule has 1 N–H and O–H groups in total. The maximum absolute atomic E-state index is 6.38. The average molecular weight is 554 g/mol. The van der Waals surface area contributed by atoms with Gasteiger partial charge in [-0.1, -0.05) is 38.3 Å². The first kappa shape index (κ1) is 28.2. The van der Waals surface area contributed by atoms with E-state index in [9.17, 15) is 0 Å². The summed E-state index contributed by atoms with van der Waals surface area (Å²) in [6.07, 6.45) is 10.6. The van der Waals surface area contributed by atoms with E-state index in [0.29, 0.717) is 11.8 Å². The first-order chi connectivity index (χ1) is 19.2. The Morgan fingerprint density at radius 3 is 2.21 bits per heavy atom. The monoisotopic (exact) mass is 553 g/mol. The number of ether oxygens (including phenoxy) is 2. The van der Waals surface area contributed by atoms with Gasteiger partial charge in [0.2, 0.25) is 0 Å². The van der Waals surface area contributed by atoms with Gasteiger partial charge in [0, 0.05) is 62.8 Å². The van der Waals surface area contributed by atoms with Gasteiger partial charge in [-0.15, -0.1) is 5.10 Å². The molecule has 0 unspecified atom stereocenters. The van der Waals surface area contributed by atoms with Crippen LogP contribution in [0, 0.1) is 5.92 Å². The molecule has 7 nitrogen and oxygen atoms in total. The molecule has 1 aromatic carbocycles. The molecule has 0 radical (unpaired) electrons. The molecule has 5 rings (SSSR count). The Bertz CT molecular complexity index is 1140. The molecule has 2 aliphatic rings. The van der Waals surface area contributed by atoms with Crippen molar-refractivity contribution in [1.29, 1.82) is 0 Å². The number of benzene rings is 1. The third-order valence-corrected chi connectivity index (χ3v) is 8.71. The van der Waals surface area contributed by atoms with Gasteiger partial charge in [0.25, 0.3) is 0 Å². The number of fused-ring (bicyclic) bond motifs is 1. The van der Waals surface area contributed by atoms with Crippen molar-refractivity contribution in [3.8, 4) is 0 Å². The highest BCUT2D eigenvalue weighted by Gasteiger charge is 2.29.